The molecule has 10 heteroatoms. The molecule has 1 aliphatic heterocycles. The molecule has 1 fully saturated rings. The minimum atomic E-state index is -4.23. The van der Waals surface area contributed by atoms with E-state index in [0.717, 1.165) is 4.57 Å². The molecule has 0 radical (unpaired) electrons. The normalized spacial score (nSPS) is 24.3. The molecule has 1 aromatic rings. The second-order valence-corrected chi connectivity index (χ2v) is 5.44. The molecule has 4 N–H and O–H groups in total. The van der Waals surface area contributed by atoms with Crippen LogP contribution < -0.4 is 11.4 Å². The summed E-state index contributed by atoms with van der Waals surface area (Å²) in [5, 5.41) is 0. The van der Waals surface area contributed by atoms with Crippen LogP contribution in [0.1, 0.15) is 6.23 Å². The molecule has 0 aromatic carbocycles. The zero-order valence-electron chi connectivity index (χ0n) is 9.17. The van der Waals surface area contributed by atoms with Crippen LogP contribution in [0.5, 0.6) is 0 Å². The maximum atomic E-state index is 11.5. The molecule has 1 aromatic heterocycles. The van der Waals surface area contributed by atoms with Gasteiger partial charge in [-0.3, -0.25) is 9.13 Å². The zero-order chi connectivity index (χ0) is 13.3. The Labute approximate surface area is 101 Å². The highest BCUT2D eigenvalue weighted by atomic mass is 31.2. The van der Waals surface area contributed by atoms with Gasteiger partial charge in [-0.25, -0.2) is 4.79 Å². The van der Waals surface area contributed by atoms with E-state index >= 15 is 0 Å². The highest BCUT2D eigenvalue weighted by molar-refractivity contribution is 7.51. The third-order valence-electron chi connectivity index (χ3n) is 2.28. The number of rotatable bonds is 3. The van der Waals surface area contributed by atoms with Gasteiger partial charge in [-0.1, -0.05) is 0 Å². The van der Waals surface area contributed by atoms with Gasteiger partial charge in [-0.2, -0.15) is 4.98 Å². The Kier molecular flexibility index (Phi) is 3.51. The van der Waals surface area contributed by atoms with Crippen LogP contribution in [0.3, 0.4) is 0 Å². The van der Waals surface area contributed by atoms with E-state index in [2.05, 4.69) is 4.98 Å². The van der Waals surface area contributed by atoms with E-state index in [9.17, 15) is 9.36 Å². The fraction of sp³-hybridized carbons (Fsp3) is 0.500. The molecular weight excluding hydrogens is 265 g/mol. The SMILES string of the molecule is Nc1ccn([C@H]2CO[C@H](CP(=O)(O)O)O2)c(=O)n1. The summed E-state index contributed by atoms with van der Waals surface area (Å²) in [6.07, 6.45) is -0.971. The monoisotopic (exact) mass is 277 g/mol. The van der Waals surface area contributed by atoms with E-state index in [1.165, 1.54) is 12.3 Å². The second-order valence-electron chi connectivity index (χ2n) is 3.74. The first-order valence-electron chi connectivity index (χ1n) is 5.01. The first-order chi connectivity index (χ1) is 8.35. The van der Waals surface area contributed by atoms with Gasteiger partial charge in [0.25, 0.3) is 0 Å². The molecule has 0 aliphatic carbocycles. The summed E-state index contributed by atoms with van der Waals surface area (Å²) in [5.74, 6) is 0.0851. The number of hydrogen-bond acceptors (Lipinski definition) is 6. The molecule has 0 amide bonds. The molecule has 9 nitrogen and oxygen atoms in total. The molecule has 2 heterocycles. The Morgan fingerprint density at radius 2 is 2.33 bits per heavy atom. The highest BCUT2D eigenvalue weighted by Crippen LogP contribution is 2.38. The number of nitrogen functional groups attached to an aromatic ring is 1. The Morgan fingerprint density at radius 1 is 1.61 bits per heavy atom. The van der Waals surface area contributed by atoms with E-state index in [1.54, 1.807) is 0 Å². The number of ether oxygens (including phenoxy) is 2. The van der Waals surface area contributed by atoms with Crippen LogP contribution in [0.2, 0.25) is 0 Å². The molecule has 1 aliphatic rings. The summed E-state index contributed by atoms with van der Waals surface area (Å²) in [4.78, 5) is 32.6. The molecule has 100 valence electrons. The summed E-state index contributed by atoms with van der Waals surface area (Å²) in [6, 6.07) is 1.42. The van der Waals surface area contributed by atoms with Gasteiger partial charge >= 0.3 is 13.3 Å². The van der Waals surface area contributed by atoms with Crippen LogP contribution in [0.4, 0.5) is 5.82 Å². The van der Waals surface area contributed by atoms with Crippen molar-refractivity contribution in [2.75, 3.05) is 18.5 Å². The summed E-state index contributed by atoms with van der Waals surface area (Å²) in [6.45, 7) is 0.0101. The van der Waals surface area contributed by atoms with Gasteiger partial charge in [-0.05, 0) is 6.07 Å². The van der Waals surface area contributed by atoms with Crippen molar-refractivity contribution in [3.63, 3.8) is 0 Å². The Morgan fingerprint density at radius 3 is 2.94 bits per heavy atom. The number of aromatic nitrogens is 2. The molecule has 0 unspecified atom stereocenters. The Balaban J connectivity index is 2.09. The van der Waals surface area contributed by atoms with Crippen molar-refractivity contribution >= 4 is 13.4 Å². The lowest BCUT2D eigenvalue weighted by molar-refractivity contribution is -0.0577. The summed E-state index contributed by atoms with van der Waals surface area (Å²) in [5.41, 5.74) is 4.73. The Hall–Kier alpha value is -1.25. The van der Waals surface area contributed by atoms with E-state index in [4.69, 9.17) is 25.0 Å². The predicted octanol–water partition coefficient (Wildman–Crippen LogP) is -1.13. The van der Waals surface area contributed by atoms with Gasteiger partial charge in [0.1, 0.15) is 12.0 Å². The van der Waals surface area contributed by atoms with Crippen LogP contribution >= 0.6 is 7.60 Å². The lowest BCUT2D eigenvalue weighted by atomic mass is 10.5. The van der Waals surface area contributed by atoms with E-state index < -0.39 is 32.0 Å². The van der Waals surface area contributed by atoms with Gasteiger partial charge in [0.05, 0.1) is 6.61 Å². The van der Waals surface area contributed by atoms with Crippen LogP contribution in [0.15, 0.2) is 17.1 Å². The van der Waals surface area contributed by atoms with Gasteiger partial charge in [0, 0.05) is 6.20 Å². The largest absolute Gasteiger partial charge is 0.383 e. The van der Waals surface area contributed by atoms with Gasteiger partial charge in [0.2, 0.25) is 0 Å². The van der Waals surface area contributed by atoms with E-state index in [0.29, 0.717) is 0 Å². The zero-order valence-corrected chi connectivity index (χ0v) is 10.1. The fourth-order valence-corrected chi connectivity index (χ4v) is 2.10. The van der Waals surface area contributed by atoms with Crippen LogP contribution in [0.25, 0.3) is 0 Å². The average molecular weight is 277 g/mol. The van der Waals surface area contributed by atoms with E-state index in [-0.39, 0.29) is 12.4 Å². The van der Waals surface area contributed by atoms with E-state index in [1.807, 2.05) is 0 Å². The lowest BCUT2D eigenvalue weighted by Crippen LogP contribution is -2.28. The van der Waals surface area contributed by atoms with Crippen molar-refractivity contribution < 1.29 is 23.8 Å². The number of hydrogen-bond donors (Lipinski definition) is 3. The third-order valence-corrected chi connectivity index (χ3v) is 3.06. The predicted molar refractivity (Wildman–Crippen MR) is 59.7 cm³/mol. The summed E-state index contributed by atoms with van der Waals surface area (Å²) in [7, 11) is -4.23. The van der Waals surface area contributed by atoms with Crippen molar-refractivity contribution in [1.82, 2.24) is 9.55 Å². The Bertz CT molecular complexity index is 540. The van der Waals surface area contributed by atoms with Crippen LogP contribution in [0, 0.1) is 0 Å². The maximum absolute atomic E-state index is 11.5. The van der Waals surface area contributed by atoms with Gasteiger partial charge in [0.15, 0.2) is 12.5 Å². The molecule has 1 saturated heterocycles. The third kappa shape index (κ3) is 3.15. The molecule has 2 atom stereocenters. The van der Waals surface area contributed by atoms with Crippen molar-refractivity contribution in [1.29, 1.82) is 0 Å². The standard InChI is InChI=1S/C8H12N3O6P/c9-5-1-2-11(8(12)10-5)6-3-16-7(17-6)4-18(13,14)15/h1-2,6-7H,3-4H2,(H2,9,10,12)(H2,13,14,15)/t6-,7+/m1/s1. The first-order valence-corrected chi connectivity index (χ1v) is 6.81. The van der Waals surface area contributed by atoms with Crippen molar-refractivity contribution in [2.45, 2.75) is 12.5 Å². The number of nitrogens with zero attached hydrogens (tertiary/aromatic N) is 2. The molecule has 0 spiro atoms. The van der Waals surface area contributed by atoms with Crippen molar-refractivity contribution in [3.05, 3.63) is 22.7 Å². The molecule has 0 saturated carbocycles. The van der Waals surface area contributed by atoms with Crippen LogP contribution in [-0.4, -0.2) is 38.4 Å². The second kappa shape index (κ2) is 4.79. The van der Waals surface area contributed by atoms with Gasteiger partial charge < -0.3 is 25.0 Å². The number of nitrogens with two attached hydrogens (primary N) is 1. The van der Waals surface area contributed by atoms with Gasteiger partial charge in [-0.15, -0.1) is 0 Å². The molecule has 0 bridgehead atoms. The fourth-order valence-electron chi connectivity index (χ4n) is 1.52. The quantitative estimate of drug-likeness (QED) is 0.590. The summed E-state index contributed by atoms with van der Waals surface area (Å²) >= 11 is 0. The topological polar surface area (TPSA) is 137 Å². The minimum absolute atomic E-state index is 0.0101. The lowest BCUT2D eigenvalue weighted by Gasteiger charge is -2.13. The molecule has 2 rings (SSSR count). The highest BCUT2D eigenvalue weighted by Gasteiger charge is 2.32. The minimum Gasteiger partial charge on any atom is -0.383 e. The first kappa shape index (κ1) is 13.2. The van der Waals surface area contributed by atoms with Crippen LogP contribution in [-0.2, 0) is 14.0 Å². The summed E-state index contributed by atoms with van der Waals surface area (Å²) < 4.78 is 22.2. The molecule has 18 heavy (non-hydrogen) atoms. The molecular formula is C8H12N3O6P. The van der Waals surface area contributed by atoms with Crippen molar-refractivity contribution in [3.8, 4) is 0 Å². The maximum Gasteiger partial charge on any atom is 0.351 e. The number of anilines is 1. The average Bonchev–Trinajstić information content (AvgIpc) is 2.63. The smallest absolute Gasteiger partial charge is 0.351 e. The van der Waals surface area contributed by atoms with Crippen molar-refractivity contribution in [2.24, 2.45) is 0 Å².